The Hall–Kier alpha value is -1.14. The predicted molar refractivity (Wildman–Crippen MR) is 64.2 cm³/mol. The molecule has 1 saturated heterocycles. The molecule has 1 aliphatic rings. The second-order valence-corrected chi connectivity index (χ2v) is 4.25. The van der Waals surface area contributed by atoms with Crippen LogP contribution in [0.4, 0.5) is 5.95 Å². The number of nitrogens with one attached hydrogen (secondary N) is 1. The van der Waals surface area contributed by atoms with Crippen LogP contribution >= 0.6 is 0 Å². The molecule has 17 heavy (non-hydrogen) atoms. The van der Waals surface area contributed by atoms with E-state index in [2.05, 4.69) is 34.2 Å². The quantitative estimate of drug-likeness (QED) is 0.806. The van der Waals surface area contributed by atoms with Crippen molar-refractivity contribution in [1.82, 2.24) is 15.5 Å². The van der Waals surface area contributed by atoms with Crippen molar-refractivity contribution in [2.45, 2.75) is 26.3 Å². The largest absolute Gasteiger partial charge is 0.378 e. The molecule has 0 spiro atoms. The van der Waals surface area contributed by atoms with Gasteiger partial charge in [-0.25, -0.2) is 0 Å². The number of ether oxygens (including phenoxy) is 1. The third kappa shape index (κ3) is 3.41. The van der Waals surface area contributed by atoms with E-state index in [1.165, 1.54) is 0 Å². The molecule has 0 radical (unpaired) electrons. The third-order valence-electron chi connectivity index (χ3n) is 2.78. The third-order valence-corrected chi connectivity index (χ3v) is 2.78. The molecule has 2 rings (SSSR count). The summed E-state index contributed by atoms with van der Waals surface area (Å²) in [4.78, 5) is 6.50. The van der Waals surface area contributed by atoms with E-state index in [0.717, 1.165) is 39.3 Å². The number of nitrogens with zero attached hydrogens (tertiary/aromatic N) is 3. The van der Waals surface area contributed by atoms with Crippen LogP contribution < -0.4 is 10.2 Å². The lowest BCUT2D eigenvalue weighted by molar-refractivity contribution is 0.121. The molecule has 0 amide bonds. The summed E-state index contributed by atoms with van der Waals surface area (Å²) in [6.07, 6.45) is 0.769. The van der Waals surface area contributed by atoms with Gasteiger partial charge < -0.3 is 19.5 Å². The molecule has 1 aromatic rings. The van der Waals surface area contributed by atoms with Gasteiger partial charge in [0.15, 0.2) is 0 Å². The standard InChI is InChI=1S/C11H20N4O2/c1-3-12-9(2)8-10-13-11(14-17-10)15-4-6-16-7-5-15/h9,12H,3-8H2,1-2H3. The van der Waals surface area contributed by atoms with Crippen LogP contribution in [0.1, 0.15) is 19.7 Å². The first-order chi connectivity index (χ1) is 8.29. The highest BCUT2D eigenvalue weighted by Gasteiger charge is 2.17. The Morgan fingerprint density at radius 3 is 2.88 bits per heavy atom. The summed E-state index contributed by atoms with van der Waals surface area (Å²) in [7, 11) is 0. The summed E-state index contributed by atoms with van der Waals surface area (Å²) in [5.74, 6) is 1.38. The van der Waals surface area contributed by atoms with E-state index in [1.54, 1.807) is 0 Å². The Morgan fingerprint density at radius 2 is 2.18 bits per heavy atom. The molecule has 0 aromatic carbocycles. The maximum atomic E-state index is 5.29. The highest BCUT2D eigenvalue weighted by Crippen LogP contribution is 2.12. The number of aromatic nitrogens is 2. The van der Waals surface area contributed by atoms with Crippen LogP contribution in [0.5, 0.6) is 0 Å². The Balaban J connectivity index is 1.90. The van der Waals surface area contributed by atoms with E-state index < -0.39 is 0 Å². The average molecular weight is 240 g/mol. The summed E-state index contributed by atoms with van der Waals surface area (Å²) in [5, 5.41) is 7.33. The van der Waals surface area contributed by atoms with Crippen LogP contribution in [0.3, 0.4) is 0 Å². The Labute approximate surface area is 101 Å². The molecular weight excluding hydrogens is 220 g/mol. The van der Waals surface area contributed by atoms with Crippen molar-refractivity contribution in [2.24, 2.45) is 0 Å². The van der Waals surface area contributed by atoms with Crippen molar-refractivity contribution >= 4 is 5.95 Å². The molecule has 6 heteroatoms. The molecule has 1 aromatic heterocycles. The smallest absolute Gasteiger partial charge is 0.266 e. The van der Waals surface area contributed by atoms with Gasteiger partial charge in [0.05, 0.1) is 13.2 Å². The molecule has 0 bridgehead atoms. The van der Waals surface area contributed by atoms with Crippen molar-refractivity contribution < 1.29 is 9.26 Å². The van der Waals surface area contributed by atoms with Crippen LogP contribution in [-0.4, -0.2) is 49.0 Å². The number of morpholine rings is 1. The van der Waals surface area contributed by atoms with Gasteiger partial charge in [-0.15, -0.1) is 0 Å². The lowest BCUT2D eigenvalue weighted by atomic mass is 10.2. The van der Waals surface area contributed by atoms with Crippen LogP contribution in [0.2, 0.25) is 0 Å². The first kappa shape index (κ1) is 12.3. The molecule has 1 N–H and O–H groups in total. The molecule has 1 atom stereocenters. The Kier molecular flexibility index (Phi) is 4.33. The fourth-order valence-electron chi connectivity index (χ4n) is 1.90. The fourth-order valence-corrected chi connectivity index (χ4v) is 1.90. The Bertz CT molecular complexity index is 336. The fraction of sp³-hybridized carbons (Fsp3) is 0.818. The molecule has 1 aliphatic heterocycles. The summed E-state index contributed by atoms with van der Waals surface area (Å²) >= 11 is 0. The van der Waals surface area contributed by atoms with Crippen molar-refractivity contribution in [3.8, 4) is 0 Å². The zero-order chi connectivity index (χ0) is 12.1. The maximum absolute atomic E-state index is 5.29. The summed E-state index contributed by atoms with van der Waals surface area (Å²) < 4.78 is 10.5. The Morgan fingerprint density at radius 1 is 1.41 bits per heavy atom. The second-order valence-electron chi connectivity index (χ2n) is 4.25. The van der Waals surface area contributed by atoms with Crippen LogP contribution in [0.15, 0.2) is 4.52 Å². The average Bonchev–Trinajstić information content (AvgIpc) is 2.79. The molecule has 1 fully saturated rings. The van der Waals surface area contributed by atoms with E-state index in [0.29, 0.717) is 17.9 Å². The van der Waals surface area contributed by atoms with Gasteiger partial charge in [0.1, 0.15) is 0 Å². The van der Waals surface area contributed by atoms with Crippen LogP contribution in [0.25, 0.3) is 0 Å². The first-order valence-corrected chi connectivity index (χ1v) is 6.18. The number of hydrogen-bond acceptors (Lipinski definition) is 6. The SMILES string of the molecule is CCNC(C)Cc1nc(N2CCOCC2)no1. The molecule has 1 unspecified atom stereocenters. The van der Waals surface area contributed by atoms with Gasteiger partial charge in [0.25, 0.3) is 5.95 Å². The minimum absolute atomic E-state index is 0.359. The van der Waals surface area contributed by atoms with Crippen molar-refractivity contribution in [2.75, 3.05) is 37.7 Å². The van der Waals surface area contributed by atoms with Gasteiger partial charge in [-0.3, -0.25) is 0 Å². The van der Waals surface area contributed by atoms with E-state index in [4.69, 9.17) is 9.26 Å². The maximum Gasteiger partial charge on any atom is 0.266 e. The predicted octanol–water partition coefficient (Wildman–Crippen LogP) is 0.447. The molecule has 0 aliphatic carbocycles. The molecule has 6 nitrogen and oxygen atoms in total. The van der Waals surface area contributed by atoms with E-state index in [1.807, 2.05) is 0 Å². The van der Waals surface area contributed by atoms with Crippen molar-refractivity contribution in [3.63, 3.8) is 0 Å². The number of anilines is 1. The van der Waals surface area contributed by atoms with Crippen molar-refractivity contribution in [1.29, 1.82) is 0 Å². The first-order valence-electron chi connectivity index (χ1n) is 6.18. The van der Waals surface area contributed by atoms with Gasteiger partial charge in [0, 0.05) is 25.6 Å². The number of rotatable bonds is 5. The second kappa shape index (κ2) is 5.97. The summed E-state index contributed by atoms with van der Waals surface area (Å²) in [6.45, 7) is 8.29. The summed E-state index contributed by atoms with van der Waals surface area (Å²) in [6, 6.07) is 0.359. The van der Waals surface area contributed by atoms with E-state index in [-0.39, 0.29) is 0 Å². The van der Waals surface area contributed by atoms with E-state index in [9.17, 15) is 0 Å². The van der Waals surface area contributed by atoms with Gasteiger partial charge >= 0.3 is 0 Å². The lowest BCUT2D eigenvalue weighted by Crippen LogP contribution is -2.36. The normalized spacial score (nSPS) is 18.4. The van der Waals surface area contributed by atoms with Gasteiger partial charge in [-0.2, -0.15) is 4.98 Å². The summed E-state index contributed by atoms with van der Waals surface area (Å²) in [5.41, 5.74) is 0. The minimum atomic E-state index is 0.359. The van der Waals surface area contributed by atoms with Crippen LogP contribution in [-0.2, 0) is 11.2 Å². The van der Waals surface area contributed by atoms with Crippen molar-refractivity contribution in [3.05, 3.63) is 5.89 Å². The zero-order valence-electron chi connectivity index (χ0n) is 10.5. The van der Waals surface area contributed by atoms with Gasteiger partial charge in [0.2, 0.25) is 5.89 Å². The monoisotopic (exact) mass is 240 g/mol. The molecule has 0 saturated carbocycles. The lowest BCUT2D eigenvalue weighted by Gasteiger charge is -2.24. The molecule has 2 heterocycles. The highest BCUT2D eigenvalue weighted by atomic mass is 16.5. The van der Waals surface area contributed by atoms with E-state index >= 15 is 0 Å². The molecule has 96 valence electrons. The molecular formula is C11H20N4O2. The number of hydrogen-bond donors (Lipinski definition) is 1. The van der Waals surface area contributed by atoms with Gasteiger partial charge in [-0.1, -0.05) is 6.92 Å². The highest BCUT2D eigenvalue weighted by molar-refractivity contribution is 5.28. The zero-order valence-corrected chi connectivity index (χ0v) is 10.5. The number of likely N-dealkylation sites (N-methyl/N-ethyl adjacent to an activating group) is 1. The minimum Gasteiger partial charge on any atom is -0.378 e. The van der Waals surface area contributed by atoms with Gasteiger partial charge in [-0.05, 0) is 18.6 Å². The topological polar surface area (TPSA) is 63.4 Å². The van der Waals surface area contributed by atoms with Crippen LogP contribution in [0, 0.1) is 0 Å².